The third-order valence-electron chi connectivity index (χ3n) is 3.85. The van der Waals surface area contributed by atoms with Gasteiger partial charge < -0.3 is 9.80 Å². The van der Waals surface area contributed by atoms with Crippen LogP contribution in [0.5, 0.6) is 0 Å². The van der Waals surface area contributed by atoms with Gasteiger partial charge in [-0.1, -0.05) is 0 Å². The molecule has 0 saturated carbocycles. The molecule has 0 bridgehead atoms. The maximum atomic E-state index is 4.40. The molecule has 8 nitrogen and oxygen atoms in total. The Hall–Kier alpha value is -3.03. The van der Waals surface area contributed by atoms with Crippen LogP contribution in [0.4, 0.5) is 11.6 Å². The van der Waals surface area contributed by atoms with Gasteiger partial charge in [-0.15, -0.1) is 0 Å². The Balaban J connectivity index is 1.47. The number of hydrogen-bond acceptors (Lipinski definition) is 7. The largest absolute Gasteiger partial charge is 0.353 e. The van der Waals surface area contributed by atoms with E-state index in [1.807, 2.05) is 18.3 Å². The fraction of sp³-hybridized carbons (Fsp3) is 0.267. The molecule has 4 rings (SSSR count). The first-order valence-corrected chi connectivity index (χ1v) is 7.48. The number of aromatic nitrogens is 6. The van der Waals surface area contributed by atoms with Crippen LogP contribution in [0, 0.1) is 0 Å². The first kappa shape index (κ1) is 13.6. The zero-order valence-electron chi connectivity index (χ0n) is 12.5. The Bertz CT molecular complexity index is 750. The summed E-state index contributed by atoms with van der Waals surface area (Å²) >= 11 is 0. The van der Waals surface area contributed by atoms with Crippen molar-refractivity contribution in [1.82, 2.24) is 29.7 Å². The molecule has 0 atom stereocenters. The second-order valence-electron chi connectivity index (χ2n) is 5.22. The molecule has 3 aromatic rings. The molecule has 23 heavy (non-hydrogen) atoms. The van der Waals surface area contributed by atoms with Gasteiger partial charge in [-0.25, -0.2) is 19.6 Å². The van der Waals surface area contributed by atoms with Crippen molar-refractivity contribution in [2.75, 3.05) is 36.0 Å². The fourth-order valence-electron chi connectivity index (χ4n) is 2.66. The van der Waals surface area contributed by atoms with Crippen molar-refractivity contribution in [2.45, 2.75) is 0 Å². The van der Waals surface area contributed by atoms with Gasteiger partial charge in [-0.05, 0) is 6.07 Å². The van der Waals surface area contributed by atoms with E-state index in [9.17, 15) is 0 Å². The van der Waals surface area contributed by atoms with E-state index in [0.717, 1.165) is 43.6 Å². The Labute approximate surface area is 133 Å². The van der Waals surface area contributed by atoms with Gasteiger partial charge >= 0.3 is 0 Å². The molecule has 0 unspecified atom stereocenters. The molecule has 0 amide bonds. The number of rotatable bonds is 3. The molecule has 116 valence electrons. The van der Waals surface area contributed by atoms with Gasteiger partial charge in [0.15, 0.2) is 5.82 Å². The molecule has 0 aromatic carbocycles. The summed E-state index contributed by atoms with van der Waals surface area (Å²) in [5.41, 5.74) is 0. The van der Waals surface area contributed by atoms with Crippen molar-refractivity contribution < 1.29 is 0 Å². The van der Waals surface area contributed by atoms with Gasteiger partial charge in [-0.2, -0.15) is 5.10 Å². The van der Waals surface area contributed by atoms with Crippen molar-refractivity contribution in [2.24, 2.45) is 0 Å². The molecule has 0 aliphatic carbocycles. The van der Waals surface area contributed by atoms with Crippen LogP contribution in [0.1, 0.15) is 0 Å². The van der Waals surface area contributed by atoms with Crippen molar-refractivity contribution in [3.63, 3.8) is 0 Å². The highest BCUT2D eigenvalue weighted by molar-refractivity contribution is 5.46. The summed E-state index contributed by atoms with van der Waals surface area (Å²) in [6, 6.07) is 3.84. The third-order valence-corrected chi connectivity index (χ3v) is 3.85. The van der Waals surface area contributed by atoms with Gasteiger partial charge in [-0.3, -0.25) is 4.98 Å². The summed E-state index contributed by atoms with van der Waals surface area (Å²) in [5.74, 6) is 2.62. The molecule has 0 N–H and O–H groups in total. The lowest BCUT2D eigenvalue weighted by molar-refractivity contribution is 0.639. The second-order valence-corrected chi connectivity index (χ2v) is 5.22. The van der Waals surface area contributed by atoms with Gasteiger partial charge in [0.1, 0.15) is 18.0 Å². The van der Waals surface area contributed by atoms with Crippen LogP contribution in [0.3, 0.4) is 0 Å². The Morgan fingerprint density at radius 1 is 0.783 bits per heavy atom. The third kappa shape index (κ3) is 2.83. The predicted octanol–water partition coefficient (Wildman–Crippen LogP) is 0.779. The minimum atomic E-state index is 0.774. The van der Waals surface area contributed by atoms with Gasteiger partial charge in [0.2, 0.25) is 0 Å². The quantitative estimate of drug-likeness (QED) is 0.707. The van der Waals surface area contributed by atoms with Crippen molar-refractivity contribution in [3.05, 3.63) is 49.4 Å². The first-order valence-electron chi connectivity index (χ1n) is 7.48. The smallest absolute Gasteiger partial charge is 0.158 e. The van der Waals surface area contributed by atoms with E-state index in [4.69, 9.17) is 0 Å². The zero-order chi connectivity index (χ0) is 15.5. The van der Waals surface area contributed by atoms with E-state index in [2.05, 4.69) is 34.8 Å². The summed E-state index contributed by atoms with van der Waals surface area (Å²) in [5, 5.41) is 4.21. The average molecular weight is 308 g/mol. The molecule has 1 aliphatic rings. The standard InChI is InChI=1S/C15H16N8/c1-2-20-23(5-1)14-10-13(18-12-19-14)21-6-8-22(9-7-21)15-11-16-3-4-17-15/h1-5,10-12H,6-9H2. The molecular weight excluding hydrogens is 292 g/mol. The normalized spacial score (nSPS) is 15.0. The van der Waals surface area contributed by atoms with E-state index < -0.39 is 0 Å². The highest BCUT2D eigenvalue weighted by Gasteiger charge is 2.19. The van der Waals surface area contributed by atoms with Crippen molar-refractivity contribution >= 4 is 11.6 Å². The van der Waals surface area contributed by atoms with Crippen LogP contribution >= 0.6 is 0 Å². The first-order chi connectivity index (χ1) is 11.4. The molecular formula is C15H16N8. The van der Waals surface area contributed by atoms with E-state index in [-0.39, 0.29) is 0 Å². The lowest BCUT2D eigenvalue weighted by Gasteiger charge is -2.35. The molecule has 4 heterocycles. The predicted molar refractivity (Wildman–Crippen MR) is 85.6 cm³/mol. The van der Waals surface area contributed by atoms with Crippen LogP contribution in [-0.4, -0.2) is 55.9 Å². The van der Waals surface area contributed by atoms with Gasteiger partial charge in [0.25, 0.3) is 0 Å². The van der Waals surface area contributed by atoms with Gasteiger partial charge in [0.05, 0.1) is 6.20 Å². The van der Waals surface area contributed by atoms with Crippen LogP contribution in [0.2, 0.25) is 0 Å². The number of piperazine rings is 1. The average Bonchev–Trinajstić information content (AvgIpc) is 3.18. The summed E-state index contributed by atoms with van der Waals surface area (Å²) in [6.45, 7) is 3.54. The molecule has 3 aromatic heterocycles. The number of hydrogen-bond donors (Lipinski definition) is 0. The number of nitrogens with zero attached hydrogens (tertiary/aromatic N) is 8. The van der Waals surface area contributed by atoms with E-state index in [1.165, 1.54) is 0 Å². The van der Waals surface area contributed by atoms with Crippen molar-refractivity contribution in [3.8, 4) is 5.82 Å². The fourth-order valence-corrected chi connectivity index (χ4v) is 2.66. The topological polar surface area (TPSA) is 75.9 Å². The zero-order valence-corrected chi connectivity index (χ0v) is 12.5. The summed E-state index contributed by atoms with van der Waals surface area (Å²) in [4.78, 5) is 21.6. The summed E-state index contributed by atoms with van der Waals surface area (Å²) < 4.78 is 1.74. The molecule has 1 saturated heterocycles. The lowest BCUT2D eigenvalue weighted by Crippen LogP contribution is -2.47. The van der Waals surface area contributed by atoms with E-state index >= 15 is 0 Å². The highest BCUT2D eigenvalue weighted by atomic mass is 15.3. The Kier molecular flexibility index (Phi) is 3.55. The maximum Gasteiger partial charge on any atom is 0.158 e. The minimum absolute atomic E-state index is 0.774. The van der Waals surface area contributed by atoms with E-state index in [0.29, 0.717) is 0 Å². The summed E-state index contributed by atoms with van der Waals surface area (Å²) in [7, 11) is 0. The molecule has 1 fully saturated rings. The highest BCUT2D eigenvalue weighted by Crippen LogP contribution is 2.17. The lowest BCUT2D eigenvalue weighted by atomic mass is 10.3. The van der Waals surface area contributed by atoms with Crippen LogP contribution in [0.15, 0.2) is 49.4 Å². The molecule has 0 radical (unpaired) electrons. The van der Waals surface area contributed by atoms with E-state index in [1.54, 1.807) is 35.8 Å². The monoisotopic (exact) mass is 308 g/mol. The summed E-state index contributed by atoms with van der Waals surface area (Å²) in [6.07, 6.45) is 10.4. The SMILES string of the molecule is c1cnn(-c2cc(N3CCN(c4cnccn4)CC3)ncn2)c1. The van der Waals surface area contributed by atoms with Crippen molar-refractivity contribution in [1.29, 1.82) is 0 Å². The van der Waals surface area contributed by atoms with Crippen LogP contribution < -0.4 is 9.80 Å². The molecule has 8 heteroatoms. The Morgan fingerprint density at radius 3 is 2.26 bits per heavy atom. The maximum absolute atomic E-state index is 4.40. The van der Waals surface area contributed by atoms with Crippen LogP contribution in [0.25, 0.3) is 5.82 Å². The molecule has 1 aliphatic heterocycles. The molecule has 0 spiro atoms. The second kappa shape index (κ2) is 5.99. The Morgan fingerprint density at radius 2 is 1.57 bits per heavy atom. The van der Waals surface area contributed by atoms with Crippen LogP contribution in [-0.2, 0) is 0 Å². The minimum Gasteiger partial charge on any atom is -0.353 e. The van der Waals surface area contributed by atoms with Gasteiger partial charge in [0, 0.05) is 57.0 Å². The number of anilines is 2.